The van der Waals surface area contributed by atoms with Crippen LogP contribution < -0.4 is 15.4 Å². The second-order valence-electron chi connectivity index (χ2n) is 6.82. The van der Waals surface area contributed by atoms with E-state index in [0.717, 1.165) is 34.6 Å². The summed E-state index contributed by atoms with van der Waals surface area (Å²) in [5, 5.41) is 6.14. The van der Waals surface area contributed by atoms with Crippen molar-refractivity contribution >= 4 is 11.9 Å². The molecule has 1 heterocycles. The molecule has 0 aliphatic rings. The van der Waals surface area contributed by atoms with Gasteiger partial charge in [0.1, 0.15) is 11.4 Å². The molecule has 2 N–H and O–H groups in total. The molecular weight excluding hydrogens is 364 g/mol. The summed E-state index contributed by atoms with van der Waals surface area (Å²) in [6.07, 6.45) is 0.760. The van der Waals surface area contributed by atoms with E-state index in [0.29, 0.717) is 24.7 Å². The third kappa shape index (κ3) is 5.54. The lowest BCUT2D eigenvalue weighted by molar-refractivity contribution is 0.0945. The van der Waals surface area contributed by atoms with Crippen LogP contribution in [0.4, 0.5) is 5.95 Å². The van der Waals surface area contributed by atoms with E-state index in [9.17, 15) is 4.79 Å². The van der Waals surface area contributed by atoms with Crippen molar-refractivity contribution in [1.29, 1.82) is 0 Å². The third-order valence-electron chi connectivity index (χ3n) is 4.66. The molecule has 0 saturated carbocycles. The minimum atomic E-state index is -0.216. The Kier molecular flexibility index (Phi) is 6.79. The molecule has 6 nitrogen and oxygen atoms in total. The highest BCUT2D eigenvalue weighted by molar-refractivity contribution is 5.92. The van der Waals surface area contributed by atoms with Gasteiger partial charge in [-0.1, -0.05) is 42.5 Å². The summed E-state index contributed by atoms with van der Waals surface area (Å²) in [6, 6.07) is 17.6. The highest BCUT2D eigenvalue weighted by atomic mass is 16.5. The first-order valence-electron chi connectivity index (χ1n) is 9.61. The number of methoxy groups -OCH3 is 1. The van der Waals surface area contributed by atoms with Crippen LogP contribution in [-0.4, -0.2) is 29.5 Å². The molecule has 0 unspecified atom stereocenters. The molecule has 0 fully saturated rings. The first-order chi connectivity index (χ1) is 14.1. The van der Waals surface area contributed by atoms with E-state index in [1.807, 2.05) is 62.4 Å². The number of aryl methyl sites for hydroxylation is 2. The molecule has 29 heavy (non-hydrogen) atoms. The Hall–Kier alpha value is -3.41. The summed E-state index contributed by atoms with van der Waals surface area (Å²) < 4.78 is 5.38. The fourth-order valence-corrected chi connectivity index (χ4v) is 3.06. The van der Waals surface area contributed by atoms with E-state index in [1.165, 1.54) is 0 Å². The number of hydrogen-bond donors (Lipinski definition) is 2. The van der Waals surface area contributed by atoms with Crippen molar-refractivity contribution in [2.24, 2.45) is 0 Å². The first kappa shape index (κ1) is 20.3. The molecule has 3 aromatic rings. The summed E-state index contributed by atoms with van der Waals surface area (Å²) in [4.78, 5) is 21.3. The Balaban J connectivity index is 1.61. The number of nitrogens with zero attached hydrogens (tertiary/aromatic N) is 2. The Morgan fingerprint density at radius 1 is 1.00 bits per heavy atom. The van der Waals surface area contributed by atoms with Gasteiger partial charge in [-0.25, -0.2) is 9.97 Å². The zero-order valence-corrected chi connectivity index (χ0v) is 17.0. The van der Waals surface area contributed by atoms with Crippen LogP contribution in [0, 0.1) is 13.8 Å². The van der Waals surface area contributed by atoms with Gasteiger partial charge in [-0.3, -0.25) is 4.79 Å². The first-order valence-corrected chi connectivity index (χ1v) is 9.61. The second kappa shape index (κ2) is 9.68. The van der Waals surface area contributed by atoms with Crippen LogP contribution in [0.2, 0.25) is 0 Å². The normalized spacial score (nSPS) is 10.4. The van der Waals surface area contributed by atoms with Gasteiger partial charge in [-0.05, 0) is 49.1 Å². The van der Waals surface area contributed by atoms with Crippen molar-refractivity contribution in [3.8, 4) is 5.75 Å². The maximum atomic E-state index is 12.6. The molecule has 3 rings (SSSR count). The molecule has 2 aromatic carbocycles. The van der Waals surface area contributed by atoms with Crippen molar-refractivity contribution in [1.82, 2.24) is 15.3 Å². The number of benzene rings is 2. The highest BCUT2D eigenvalue weighted by Crippen LogP contribution is 2.17. The smallest absolute Gasteiger partial charge is 0.270 e. The van der Waals surface area contributed by atoms with Crippen LogP contribution in [0.15, 0.2) is 54.6 Å². The van der Waals surface area contributed by atoms with Crippen molar-refractivity contribution in [2.45, 2.75) is 26.8 Å². The predicted molar refractivity (Wildman–Crippen MR) is 114 cm³/mol. The minimum Gasteiger partial charge on any atom is -0.496 e. The lowest BCUT2D eigenvalue weighted by atomic mass is 10.1. The van der Waals surface area contributed by atoms with Crippen molar-refractivity contribution < 1.29 is 9.53 Å². The average molecular weight is 390 g/mol. The number of aromatic nitrogens is 2. The second-order valence-corrected chi connectivity index (χ2v) is 6.82. The molecule has 150 valence electrons. The highest BCUT2D eigenvalue weighted by Gasteiger charge is 2.11. The largest absolute Gasteiger partial charge is 0.496 e. The predicted octanol–water partition coefficient (Wildman–Crippen LogP) is 3.69. The molecule has 0 bridgehead atoms. The van der Waals surface area contributed by atoms with Crippen LogP contribution in [0.3, 0.4) is 0 Å². The molecule has 0 atom stereocenters. The number of hydrogen-bond acceptors (Lipinski definition) is 5. The number of rotatable bonds is 8. The zero-order valence-electron chi connectivity index (χ0n) is 17.0. The van der Waals surface area contributed by atoms with Gasteiger partial charge in [-0.2, -0.15) is 0 Å². The maximum Gasteiger partial charge on any atom is 0.270 e. The van der Waals surface area contributed by atoms with Crippen LogP contribution in [0.1, 0.15) is 32.9 Å². The summed E-state index contributed by atoms with van der Waals surface area (Å²) in [5.74, 6) is 1.09. The van der Waals surface area contributed by atoms with E-state index < -0.39 is 0 Å². The van der Waals surface area contributed by atoms with Crippen molar-refractivity contribution in [3.63, 3.8) is 0 Å². The van der Waals surface area contributed by atoms with Gasteiger partial charge in [0, 0.05) is 18.8 Å². The van der Waals surface area contributed by atoms with E-state index in [4.69, 9.17) is 4.74 Å². The van der Waals surface area contributed by atoms with Crippen molar-refractivity contribution in [3.05, 3.63) is 82.7 Å². The van der Waals surface area contributed by atoms with Gasteiger partial charge < -0.3 is 15.4 Å². The monoisotopic (exact) mass is 390 g/mol. The quantitative estimate of drug-likeness (QED) is 0.614. The van der Waals surface area contributed by atoms with Crippen LogP contribution in [0.25, 0.3) is 0 Å². The SMILES string of the molecule is COc1ccccc1CCNc1nc(C)cc(C(=O)NCc2ccccc2C)n1. The minimum absolute atomic E-state index is 0.216. The fourth-order valence-electron chi connectivity index (χ4n) is 3.06. The molecule has 1 aromatic heterocycles. The van der Waals surface area contributed by atoms with Gasteiger partial charge in [0.15, 0.2) is 0 Å². The Labute approximate surface area is 171 Å². The zero-order chi connectivity index (χ0) is 20.6. The van der Waals surface area contributed by atoms with Crippen molar-refractivity contribution in [2.75, 3.05) is 19.0 Å². The standard InChI is InChI=1S/C23H26N4O2/c1-16-8-4-5-10-19(16)15-25-22(28)20-14-17(2)26-23(27-20)24-13-12-18-9-6-7-11-21(18)29-3/h4-11,14H,12-13,15H2,1-3H3,(H,25,28)(H,24,26,27). The number of ether oxygens (including phenoxy) is 1. The average Bonchev–Trinajstić information content (AvgIpc) is 2.73. The topological polar surface area (TPSA) is 76.1 Å². The van der Waals surface area contributed by atoms with E-state index >= 15 is 0 Å². The molecule has 6 heteroatoms. The van der Waals surface area contributed by atoms with Crippen LogP contribution >= 0.6 is 0 Å². The molecule has 0 aliphatic carbocycles. The van der Waals surface area contributed by atoms with Gasteiger partial charge >= 0.3 is 0 Å². The Morgan fingerprint density at radius 3 is 2.48 bits per heavy atom. The summed E-state index contributed by atoms with van der Waals surface area (Å²) in [7, 11) is 1.66. The lowest BCUT2D eigenvalue weighted by Gasteiger charge is -2.11. The van der Waals surface area contributed by atoms with E-state index in [-0.39, 0.29) is 5.91 Å². The lowest BCUT2D eigenvalue weighted by Crippen LogP contribution is -2.25. The number of anilines is 1. The summed E-state index contributed by atoms with van der Waals surface area (Å²) in [6.45, 7) is 4.98. The number of carbonyl (C=O) groups excluding carboxylic acids is 1. The molecule has 0 aliphatic heterocycles. The fraction of sp³-hybridized carbons (Fsp3) is 0.261. The number of nitrogens with one attached hydrogen (secondary N) is 2. The Morgan fingerprint density at radius 2 is 1.72 bits per heavy atom. The van der Waals surface area contributed by atoms with Gasteiger partial charge in [0.05, 0.1) is 7.11 Å². The number of carbonyl (C=O) groups is 1. The molecule has 0 radical (unpaired) electrons. The molecular formula is C23H26N4O2. The maximum absolute atomic E-state index is 12.6. The summed E-state index contributed by atoms with van der Waals surface area (Å²) >= 11 is 0. The van der Waals surface area contributed by atoms with E-state index in [1.54, 1.807) is 13.2 Å². The van der Waals surface area contributed by atoms with Gasteiger partial charge in [-0.15, -0.1) is 0 Å². The van der Waals surface area contributed by atoms with Gasteiger partial charge in [0.25, 0.3) is 5.91 Å². The third-order valence-corrected chi connectivity index (χ3v) is 4.66. The number of amides is 1. The molecule has 0 saturated heterocycles. The van der Waals surface area contributed by atoms with Crippen LogP contribution in [0.5, 0.6) is 5.75 Å². The van der Waals surface area contributed by atoms with Crippen LogP contribution in [-0.2, 0) is 13.0 Å². The van der Waals surface area contributed by atoms with E-state index in [2.05, 4.69) is 20.6 Å². The molecule has 1 amide bonds. The molecule has 0 spiro atoms. The Bertz CT molecular complexity index is 988. The van der Waals surface area contributed by atoms with Gasteiger partial charge in [0.2, 0.25) is 5.95 Å². The summed E-state index contributed by atoms with van der Waals surface area (Å²) in [5.41, 5.74) is 4.42. The number of para-hydroxylation sites is 1.